The van der Waals surface area contributed by atoms with Crippen molar-refractivity contribution < 1.29 is 22.4 Å². The van der Waals surface area contributed by atoms with E-state index in [1.807, 2.05) is 6.92 Å². The molecule has 4 rings (SSSR count). The molecule has 2 aromatic heterocycles. The van der Waals surface area contributed by atoms with E-state index in [2.05, 4.69) is 32.5 Å². The Bertz CT molecular complexity index is 1040. The van der Waals surface area contributed by atoms with E-state index in [0.717, 1.165) is 30.8 Å². The number of carbonyl (C=O) groups excluding carboxylic acids is 1. The highest BCUT2D eigenvalue weighted by Crippen LogP contribution is 2.33. The number of nitrogens with zero attached hydrogens (tertiary/aromatic N) is 4. The van der Waals surface area contributed by atoms with Crippen molar-refractivity contribution in [2.75, 3.05) is 11.9 Å². The molecule has 31 heavy (non-hydrogen) atoms. The topological polar surface area (TPSA) is 97.9 Å². The van der Waals surface area contributed by atoms with Crippen molar-refractivity contribution >= 4 is 17.3 Å². The highest BCUT2D eigenvalue weighted by atomic mass is 19.4. The fourth-order valence-electron chi connectivity index (χ4n) is 2.91. The normalized spacial score (nSPS) is 15.8. The molecule has 1 aromatic carbocycles. The highest BCUT2D eigenvalue weighted by molar-refractivity contribution is 5.82. The minimum atomic E-state index is -4.36. The summed E-state index contributed by atoms with van der Waals surface area (Å²) in [6.45, 7) is 6.17. The zero-order valence-corrected chi connectivity index (χ0v) is 16.9. The second-order valence-electron chi connectivity index (χ2n) is 6.80. The molecule has 3 aromatic rings. The predicted molar refractivity (Wildman–Crippen MR) is 107 cm³/mol. The first-order valence-electron chi connectivity index (χ1n) is 9.35. The molecule has 11 heteroatoms. The van der Waals surface area contributed by atoms with Gasteiger partial charge in [0.25, 0.3) is 5.89 Å². The Morgan fingerprint density at radius 2 is 2.03 bits per heavy atom. The van der Waals surface area contributed by atoms with Gasteiger partial charge in [0.1, 0.15) is 0 Å². The van der Waals surface area contributed by atoms with Gasteiger partial charge in [-0.05, 0) is 37.6 Å². The van der Waals surface area contributed by atoms with Crippen molar-refractivity contribution in [1.29, 1.82) is 0 Å². The highest BCUT2D eigenvalue weighted by Gasteiger charge is 2.30. The SMILES string of the molecule is C=CC1CCNC1=O.Cc1c(Nc2ccc(C(F)(F)F)cc2)c(-c2nnco2)nn1C. The third-order valence-corrected chi connectivity index (χ3v) is 4.75. The third-order valence-electron chi connectivity index (χ3n) is 4.75. The Hall–Kier alpha value is -3.63. The van der Waals surface area contributed by atoms with Crippen LogP contribution in [0.5, 0.6) is 0 Å². The van der Waals surface area contributed by atoms with Gasteiger partial charge in [0.15, 0.2) is 5.69 Å². The van der Waals surface area contributed by atoms with Gasteiger partial charge >= 0.3 is 6.18 Å². The van der Waals surface area contributed by atoms with Crippen molar-refractivity contribution in [3.8, 4) is 11.6 Å². The summed E-state index contributed by atoms with van der Waals surface area (Å²) < 4.78 is 44.6. The van der Waals surface area contributed by atoms with Crippen molar-refractivity contribution in [2.24, 2.45) is 13.0 Å². The van der Waals surface area contributed by atoms with Gasteiger partial charge in [-0.2, -0.15) is 18.3 Å². The molecule has 2 N–H and O–H groups in total. The fourth-order valence-corrected chi connectivity index (χ4v) is 2.91. The lowest BCUT2D eigenvalue weighted by atomic mass is 10.1. The summed E-state index contributed by atoms with van der Waals surface area (Å²) in [5.41, 5.74) is 1.59. The van der Waals surface area contributed by atoms with Gasteiger partial charge in [0.05, 0.1) is 22.9 Å². The molecule has 1 atom stereocenters. The van der Waals surface area contributed by atoms with Gasteiger partial charge in [-0.25, -0.2) is 0 Å². The minimum Gasteiger partial charge on any atom is -0.422 e. The number of anilines is 2. The fraction of sp³-hybridized carbons (Fsp3) is 0.300. The lowest BCUT2D eigenvalue weighted by molar-refractivity contribution is -0.137. The van der Waals surface area contributed by atoms with Crippen LogP contribution in [0, 0.1) is 12.8 Å². The summed E-state index contributed by atoms with van der Waals surface area (Å²) in [6.07, 6.45) is -0.566. The lowest BCUT2D eigenvalue weighted by Crippen LogP contribution is -2.17. The first kappa shape index (κ1) is 22.1. The van der Waals surface area contributed by atoms with Crippen LogP contribution in [0.1, 0.15) is 17.7 Å². The summed E-state index contributed by atoms with van der Waals surface area (Å²) >= 11 is 0. The van der Waals surface area contributed by atoms with E-state index in [9.17, 15) is 18.0 Å². The average molecular weight is 434 g/mol. The molecule has 8 nitrogen and oxygen atoms in total. The molecule has 0 spiro atoms. The zero-order valence-electron chi connectivity index (χ0n) is 16.9. The molecule has 1 aliphatic rings. The van der Waals surface area contributed by atoms with Crippen molar-refractivity contribution in [2.45, 2.75) is 19.5 Å². The quantitative estimate of drug-likeness (QED) is 0.606. The minimum absolute atomic E-state index is 0.0787. The van der Waals surface area contributed by atoms with E-state index in [1.54, 1.807) is 17.8 Å². The van der Waals surface area contributed by atoms with Gasteiger partial charge in [-0.3, -0.25) is 9.48 Å². The van der Waals surface area contributed by atoms with E-state index in [1.165, 1.54) is 18.5 Å². The zero-order chi connectivity index (χ0) is 22.6. The molecule has 0 bridgehead atoms. The summed E-state index contributed by atoms with van der Waals surface area (Å²) in [4.78, 5) is 10.6. The first-order valence-corrected chi connectivity index (χ1v) is 9.35. The molecule has 0 radical (unpaired) electrons. The van der Waals surface area contributed by atoms with Crippen LogP contribution in [0.25, 0.3) is 11.6 Å². The maximum atomic E-state index is 12.6. The Morgan fingerprint density at radius 3 is 2.52 bits per heavy atom. The molecule has 1 amide bonds. The second kappa shape index (κ2) is 9.02. The standard InChI is InChI=1S/C14H12F3N5O.C6H9NO/c1-8-11(12(21-22(8)2)13-20-18-7-23-13)19-10-5-3-9(4-6-10)14(15,16)17;1-2-5-3-4-7-6(5)8/h3-7,19H,1-2H3;2,5H,1,3-4H2,(H,7,8). The van der Waals surface area contributed by atoms with Gasteiger partial charge in [0, 0.05) is 19.3 Å². The number of alkyl halides is 3. The Morgan fingerprint density at radius 1 is 1.32 bits per heavy atom. The number of carbonyl (C=O) groups is 1. The average Bonchev–Trinajstić information content (AvgIpc) is 3.46. The third kappa shape index (κ3) is 5.11. The van der Waals surface area contributed by atoms with E-state index in [-0.39, 0.29) is 17.7 Å². The molecular weight excluding hydrogens is 413 g/mol. The maximum absolute atomic E-state index is 12.6. The summed E-state index contributed by atoms with van der Waals surface area (Å²) in [6, 6.07) is 4.74. The Labute approximate surface area is 176 Å². The monoisotopic (exact) mass is 434 g/mol. The van der Waals surface area contributed by atoms with Crippen LogP contribution in [0.15, 0.2) is 47.7 Å². The van der Waals surface area contributed by atoms with Gasteiger partial charge in [-0.1, -0.05) is 6.08 Å². The van der Waals surface area contributed by atoms with E-state index in [4.69, 9.17) is 4.42 Å². The molecule has 0 aliphatic carbocycles. The summed E-state index contributed by atoms with van der Waals surface area (Å²) in [7, 11) is 1.74. The number of nitrogens with one attached hydrogen (secondary N) is 2. The Balaban J connectivity index is 0.000000287. The van der Waals surface area contributed by atoms with Crippen LogP contribution in [0.3, 0.4) is 0 Å². The second-order valence-corrected chi connectivity index (χ2v) is 6.80. The lowest BCUT2D eigenvalue weighted by Gasteiger charge is -2.10. The number of aromatic nitrogens is 4. The molecular formula is C20H21F3N6O2. The van der Waals surface area contributed by atoms with Crippen LogP contribution < -0.4 is 10.6 Å². The van der Waals surface area contributed by atoms with E-state index >= 15 is 0 Å². The van der Waals surface area contributed by atoms with Crippen LogP contribution >= 0.6 is 0 Å². The number of halogens is 3. The van der Waals surface area contributed by atoms with Crippen LogP contribution in [0.4, 0.5) is 24.5 Å². The van der Waals surface area contributed by atoms with Crippen molar-refractivity contribution in [3.05, 3.63) is 54.6 Å². The van der Waals surface area contributed by atoms with Crippen LogP contribution in [0.2, 0.25) is 0 Å². The van der Waals surface area contributed by atoms with Crippen LogP contribution in [-0.2, 0) is 18.0 Å². The summed E-state index contributed by atoms with van der Waals surface area (Å²) in [5, 5.41) is 17.5. The van der Waals surface area contributed by atoms with Crippen molar-refractivity contribution in [3.63, 3.8) is 0 Å². The number of benzene rings is 1. The molecule has 1 saturated heterocycles. The number of hydrogen-bond donors (Lipinski definition) is 2. The van der Waals surface area contributed by atoms with Crippen LogP contribution in [-0.4, -0.2) is 32.4 Å². The smallest absolute Gasteiger partial charge is 0.416 e. The number of rotatable bonds is 4. The summed E-state index contributed by atoms with van der Waals surface area (Å²) in [5.74, 6) is 0.429. The largest absolute Gasteiger partial charge is 0.422 e. The molecule has 164 valence electrons. The predicted octanol–water partition coefficient (Wildman–Crippen LogP) is 3.85. The molecule has 1 unspecified atom stereocenters. The van der Waals surface area contributed by atoms with Gasteiger partial charge in [0.2, 0.25) is 12.3 Å². The van der Waals surface area contributed by atoms with Gasteiger partial charge < -0.3 is 15.1 Å². The number of aryl methyl sites for hydroxylation is 1. The number of amides is 1. The molecule has 1 fully saturated rings. The molecule has 0 saturated carbocycles. The molecule has 1 aliphatic heterocycles. The number of hydrogen-bond acceptors (Lipinski definition) is 6. The van der Waals surface area contributed by atoms with Crippen molar-refractivity contribution in [1.82, 2.24) is 25.3 Å². The van der Waals surface area contributed by atoms with E-state index < -0.39 is 11.7 Å². The Kier molecular flexibility index (Phi) is 6.42. The van der Waals surface area contributed by atoms with Gasteiger partial charge in [-0.15, -0.1) is 16.8 Å². The van der Waals surface area contributed by atoms with E-state index in [0.29, 0.717) is 17.1 Å². The molecule has 3 heterocycles. The maximum Gasteiger partial charge on any atom is 0.416 e. The first-order chi connectivity index (χ1) is 14.7.